The molecule has 1 amide bonds. The van der Waals surface area contributed by atoms with Gasteiger partial charge in [0.2, 0.25) is 0 Å². The number of carbonyl (C=O) groups is 3. The minimum Gasteiger partial charge on any atom is -0.480 e. The van der Waals surface area contributed by atoms with Crippen LogP contribution in [0.25, 0.3) is 0 Å². The normalized spacial score (nSPS) is 16.9. The van der Waals surface area contributed by atoms with Crippen molar-refractivity contribution < 1.29 is 24.6 Å². The summed E-state index contributed by atoms with van der Waals surface area (Å²) in [5, 5.41) is 24.7. The van der Waals surface area contributed by atoms with E-state index in [-0.39, 0.29) is 24.3 Å². The molecule has 0 heterocycles. The quantitative estimate of drug-likeness (QED) is 0.477. The van der Waals surface area contributed by atoms with E-state index >= 15 is 0 Å². The summed E-state index contributed by atoms with van der Waals surface area (Å²) in [6.45, 7) is 3.79. The number of benzene rings is 1. The van der Waals surface area contributed by atoms with Gasteiger partial charge in [0.25, 0.3) is 5.91 Å². The van der Waals surface area contributed by atoms with Crippen LogP contribution >= 0.6 is 0 Å². The van der Waals surface area contributed by atoms with E-state index in [9.17, 15) is 24.6 Å². The highest BCUT2D eigenvalue weighted by Crippen LogP contribution is 2.18. The lowest BCUT2D eigenvalue weighted by molar-refractivity contribution is -0.142. The van der Waals surface area contributed by atoms with Gasteiger partial charge in [0.15, 0.2) is 0 Å². The summed E-state index contributed by atoms with van der Waals surface area (Å²) in [5.41, 5.74) is 1.27. The third-order valence-electron chi connectivity index (χ3n) is 5.30. The number of carboxylic acid groups (broad SMARTS) is 2. The Kier molecular flexibility index (Phi) is 8.64. The van der Waals surface area contributed by atoms with Gasteiger partial charge in [-0.05, 0) is 49.3 Å². The minimum absolute atomic E-state index is 0.112. The smallest absolute Gasteiger partial charge is 0.321 e. The summed E-state index contributed by atoms with van der Waals surface area (Å²) in [6.07, 6.45) is 6.01. The zero-order chi connectivity index (χ0) is 21.4. The van der Waals surface area contributed by atoms with Gasteiger partial charge < -0.3 is 15.5 Å². The largest absolute Gasteiger partial charge is 0.480 e. The number of hydrogen-bond acceptors (Lipinski definition) is 4. The van der Waals surface area contributed by atoms with E-state index in [4.69, 9.17) is 0 Å². The molecule has 0 unspecified atom stereocenters. The highest BCUT2D eigenvalue weighted by molar-refractivity contribution is 5.94. The molecule has 0 aliphatic heterocycles. The van der Waals surface area contributed by atoms with Crippen molar-refractivity contribution in [1.29, 1.82) is 0 Å². The highest BCUT2D eigenvalue weighted by Gasteiger charge is 2.27. The van der Waals surface area contributed by atoms with Crippen LogP contribution < -0.4 is 10.6 Å². The van der Waals surface area contributed by atoms with E-state index in [1.807, 2.05) is 13.8 Å². The van der Waals surface area contributed by atoms with E-state index in [1.165, 1.54) is 6.42 Å². The Morgan fingerprint density at radius 3 is 2.07 bits per heavy atom. The highest BCUT2D eigenvalue weighted by atomic mass is 16.4. The van der Waals surface area contributed by atoms with E-state index in [2.05, 4.69) is 10.6 Å². The molecule has 0 radical (unpaired) electrons. The number of amides is 1. The topological polar surface area (TPSA) is 116 Å². The average molecular weight is 405 g/mol. The number of aliphatic carboxylic acids is 2. The second-order valence-electron chi connectivity index (χ2n) is 8.29. The van der Waals surface area contributed by atoms with Gasteiger partial charge in [-0.3, -0.25) is 19.7 Å². The monoisotopic (exact) mass is 404 g/mol. The van der Waals surface area contributed by atoms with Crippen LogP contribution in [-0.2, 0) is 16.0 Å². The van der Waals surface area contributed by atoms with Crippen molar-refractivity contribution in [2.75, 3.05) is 0 Å². The molecule has 160 valence electrons. The molecule has 7 nitrogen and oxygen atoms in total. The van der Waals surface area contributed by atoms with Crippen LogP contribution in [-0.4, -0.2) is 46.2 Å². The van der Waals surface area contributed by atoms with Gasteiger partial charge in [-0.15, -0.1) is 0 Å². The fourth-order valence-corrected chi connectivity index (χ4v) is 3.72. The Morgan fingerprint density at radius 1 is 0.966 bits per heavy atom. The third-order valence-corrected chi connectivity index (χ3v) is 5.30. The summed E-state index contributed by atoms with van der Waals surface area (Å²) < 4.78 is 0. The molecular weight excluding hydrogens is 372 g/mol. The molecule has 1 aromatic rings. The summed E-state index contributed by atoms with van der Waals surface area (Å²) in [7, 11) is 0. The van der Waals surface area contributed by atoms with E-state index < -0.39 is 24.0 Å². The second kappa shape index (κ2) is 11.0. The summed E-state index contributed by atoms with van der Waals surface area (Å²) in [5.74, 6) is -2.14. The molecule has 29 heavy (non-hydrogen) atoms. The van der Waals surface area contributed by atoms with Gasteiger partial charge in [0.05, 0.1) is 0 Å². The molecule has 0 spiro atoms. The van der Waals surface area contributed by atoms with Crippen molar-refractivity contribution in [1.82, 2.24) is 10.6 Å². The van der Waals surface area contributed by atoms with E-state index in [0.717, 1.165) is 31.2 Å². The molecule has 1 aliphatic carbocycles. The Balaban J connectivity index is 1.98. The predicted octanol–water partition coefficient (Wildman–Crippen LogP) is 2.83. The number of carbonyl (C=O) groups excluding carboxylic acids is 1. The summed E-state index contributed by atoms with van der Waals surface area (Å²) in [6, 6.07) is 5.13. The molecule has 4 N–H and O–H groups in total. The number of nitrogens with one attached hydrogen (secondary N) is 2. The molecular formula is C22H32N2O5. The maximum atomic E-state index is 12.4. The van der Waals surface area contributed by atoms with Crippen molar-refractivity contribution in [3.63, 3.8) is 0 Å². The number of hydrogen-bond donors (Lipinski definition) is 4. The molecule has 0 saturated heterocycles. The van der Waals surface area contributed by atoms with E-state index in [1.54, 1.807) is 24.3 Å². The molecule has 1 aliphatic rings. The Labute approximate surface area is 171 Å². The molecule has 7 heteroatoms. The molecule has 1 aromatic carbocycles. The van der Waals surface area contributed by atoms with E-state index in [0.29, 0.717) is 12.0 Å². The van der Waals surface area contributed by atoms with Gasteiger partial charge in [-0.25, -0.2) is 0 Å². The van der Waals surface area contributed by atoms with Crippen LogP contribution in [0, 0.1) is 5.92 Å². The summed E-state index contributed by atoms with van der Waals surface area (Å²) in [4.78, 5) is 35.4. The Hall–Kier alpha value is -2.41. The Bertz CT molecular complexity index is 696. The van der Waals surface area contributed by atoms with Gasteiger partial charge in [-0.1, -0.05) is 45.2 Å². The first-order chi connectivity index (χ1) is 13.8. The van der Waals surface area contributed by atoms with Crippen molar-refractivity contribution in [3.05, 3.63) is 35.4 Å². The second-order valence-corrected chi connectivity index (χ2v) is 8.29. The lowest BCUT2D eigenvalue weighted by atomic mass is 9.95. The SMILES string of the molecule is CC(C)C[C@H](N[C@@H](Cc1ccc(C(=O)NC2CCCCC2)cc1)C(=O)O)C(=O)O. The van der Waals surface area contributed by atoms with Crippen molar-refractivity contribution >= 4 is 17.8 Å². The molecule has 1 fully saturated rings. The fraction of sp³-hybridized carbons (Fsp3) is 0.591. The van der Waals surface area contributed by atoms with Gasteiger partial charge >= 0.3 is 11.9 Å². The van der Waals surface area contributed by atoms with Crippen LogP contribution in [0.15, 0.2) is 24.3 Å². The zero-order valence-electron chi connectivity index (χ0n) is 17.2. The molecule has 2 rings (SSSR count). The first-order valence-electron chi connectivity index (χ1n) is 10.4. The van der Waals surface area contributed by atoms with Crippen LogP contribution in [0.4, 0.5) is 0 Å². The Morgan fingerprint density at radius 2 is 1.55 bits per heavy atom. The first kappa shape index (κ1) is 22.9. The average Bonchev–Trinajstić information content (AvgIpc) is 2.67. The number of carboxylic acids is 2. The van der Waals surface area contributed by atoms with Gasteiger partial charge in [0.1, 0.15) is 12.1 Å². The van der Waals surface area contributed by atoms with Crippen LogP contribution in [0.5, 0.6) is 0 Å². The third kappa shape index (κ3) is 7.49. The first-order valence-corrected chi connectivity index (χ1v) is 10.4. The molecule has 0 bridgehead atoms. The van der Waals surface area contributed by atoms with Crippen LogP contribution in [0.1, 0.15) is 68.3 Å². The fourth-order valence-electron chi connectivity index (χ4n) is 3.72. The van der Waals surface area contributed by atoms with Crippen molar-refractivity contribution in [2.45, 2.75) is 76.9 Å². The van der Waals surface area contributed by atoms with Gasteiger partial charge in [-0.2, -0.15) is 0 Å². The maximum Gasteiger partial charge on any atom is 0.321 e. The van der Waals surface area contributed by atoms with Crippen LogP contribution in [0.2, 0.25) is 0 Å². The summed E-state index contributed by atoms with van der Waals surface area (Å²) >= 11 is 0. The minimum atomic E-state index is -1.10. The molecule has 1 saturated carbocycles. The van der Waals surface area contributed by atoms with Gasteiger partial charge in [0, 0.05) is 11.6 Å². The maximum absolute atomic E-state index is 12.4. The van der Waals surface area contributed by atoms with Crippen molar-refractivity contribution in [3.8, 4) is 0 Å². The van der Waals surface area contributed by atoms with Crippen molar-refractivity contribution in [2.24, 2.45) is 5.92 Å². The lowest BCUT2D eigenvalue weighted by Gasteiger charge is -2.23. The van der Waals surface area contributed by atoms with Crippen LogP contribution in [0.3, 0.4) is 0 Å². The number of rotatable bonds is 10. The lowest BCUT2D eigenvalue weighted by Crippen LogP contribution is -2.48. The predicted molar refractivity (Wildman–Crippen MR) is 110 cm³/mol. The zero-order valence-corrected chi connectivity index (χ0v) is 17.2. The molecule has 2 atom stereocenters. The standard InChI is InChI=1S/C22H32N2O5/c1-14(2)12-18(21(26)27)24-19(22(28)29)13-15-8-10-16(11-9-15)20(25)23-17-6-4-3-5-7-17/h8-11,14,17-19,24H,3-7,12-13H2,1-2H3,(H,23,25)(H,26,27)(H,28,29)/t18-,19-/m0/s1. The molecule has 0 aromatic heterocycles.